The van der Waals surface area contributed by atoms with Gasteiger partial charge in [0.1, 0.15) is 17.1 Å². The molecule has 4 rings (SSSR count). The summed E-state index contributed by atoms with van der Waals surface area (Å²) in [5, 5.41) is 4.39. The average molecular weight is 370 g/mol. The van der Waals surface area contributed by atoms with Crippen LogP contribution in [-0.2, 0) is 17.6 Å². The van der Waals surface area contributed by atoms with Crippen molar-refractivity contribution < 1.29 is 13.9 Å². The number of ether oxygens (including phenoxy) is 1. The molecule has 0 spiro atoms. The molecule has 0 saturated carbocycles. The van der Waals surface area contributed by atoms with Gasteiger partial charge in [0.2, 0.25) is 0 Å². The Labute approximate surface area is 157 Å². The number of hydrogen-bond donors (Lipinski definition) is 1. The third-order valence-electron chi connectivity index (χ3n) is 4.70. The summed E-state index contributed by atoms with van der Waals surface area (Å²) < 4.78 is 11.6. The van der Waals surface area contributed by atoms with Gasteiger partial charge in [-0.05, 0) is 62.1 Å². The number of halogens is 1. The van der Waals surface area contributed by atoms with Crippen molar-refractivity contribution in [2.75, 3.05) is 11.9 Å². The minimum absolute atomic E-state index is 0.0737. The summed E-state index contributed by atoms with van der Waals surface area (Å²) in [6.45, 7) is 1.88. The first-order valence-electron chi connectivity index (χ1n) is 8.83. The van der Waals surface area contributed by atoms with Crippen LogP contribution >= 0.6 is 11.6 Å². The van der Waals surface area contributed by atoms with E-state index in [2.05, 4.69) is 5.32 Å². The molecular formula is C21H20ClNO3. The quantitative estimate of drug-likeness (QED) is 0.679. The van der Waals surface area contributed by atoms with E-state index < -0.39 is 0 Å². The van der Waals surface area contributed by atoms with Crippen LogP contribution in [0.1, 0.15) is 29.7 Å². The third-order valence-corrected chi connectivity index (χ3v) is 5.01. The first-order chi connectivity index (χ1) is 12.6. The first kappa shape index (κ1) is 17.0. The Morgan fingerprint density at radius 3 is 2.88 bits per heavy atom. The SMILES string of the molecule is Cc1ccc(NC(=O)COc2ccc3oc4c(c3c2)CCCC4)c(Cl)c1. The van der Waals surface area contributed by atoms with E-state index in [1.807, 2.05) is 37.3 Å². The number of furan rings is 1. The van der Waals surface area contributed by atoms with Crippen molar-refractivity contribution in [1.29, 1.82) is 0 Å². The Morgan fingerprint density at radius 2 is 2.04 bits per heavy atom. The lowest BCUT2D eigenvalue weighted by Crippen LogP contribution is -2.20. The lowest BCUT2D eigenvalue weighted by atomic mass is 9.96. The van der Waals surface area contributed by atoms with Gasteiger partial charge in [-0.25, -0.2) is 0 Å². The normalized spacial score (nSPS) is 13.5. The van der Waals surface area contributed by atoms with E-state index >= 15 is 0 Å². The van der Waals surface area contributed by atoms with Crippen LogP contribution in [0.25, 0.3) is 11.0 Å². The highest BCUT2D eigenvalue weighted by Crippen LogP contribution is 2.34. The van der Waals surface area contributed by atoms with Crippen molar-refractivity contribution in [2.24, 2.45) is 0 Å². The molecule has 5 heteroatoms. The Kier molecular flexibility index (Phi) is 4.60. The van der Waals surface area contributed by atoms with E-state index in [1.165, 1.54) is 18.4 Å². The molecule has 1 amide bonds. The van der Waals surface area contributed by atoms with Crippen molar-refractivity contribution in [3.8, 4) is 5.75 Å². The van der Waals surface area contributed by atoms with E-state index in [9.17, 15) is 4.79 Å². The number of carbonyl (C=O) groups is 1. The molecule has 4 nitrogen and oxygen atoms in total. The fraction of sp³-hybridized carbons (Fsp3) is 0.286. The van der Waals surface area contributed by atoms with Crippen molar-refractivity contribution in [2.45, 2.75) is 32.6 Å². The van der Waals surface area contributed by atoms with Crippen LogP contribution in [0.15, 0.2) is 40.8 Å². The Morgan fingerprint density at radius 1 is 1.19 bits per heavy atom. The standard InChI is InChI=1S/C21H20ClNO3/c1-13-6-8-18(17(22)10-13)23-21(24)12-25-14-7-9-20-16(11-14)15-4-2-3-5-19(15)26-20/h6-11H,2-5,12H2,1H3,(H,23,24). The molecule has 0 saturated heterocycles. The molecule has 0 atom stereocenters. The Hall–Kier alpha value is -2.46. The second-order valence-corrected chi connectivity index (χ2v) is 7.10. The van der Waals surface area contributed by atoms with Crippen LogP contribution in [-0.4, -0.2) is 12.5 Å². The van der Waals surface area contributed by atoms with Crippen molar-refractivity contribution >= 4 is 34.2 Å². The highest BCUT2D eigenvalue weighted by Gasteiger charge is 2.18. The van der Waals surface area contributed by atoms with E-state index in [0.29, 0.717) is 16.5 Å². The molecule has 0 bridgehead atoms. The number of amides is 1. The van der Waals surface area contributed by atoms with Gasteiger partial charge in [-0.3, -0.25) is 4.79 Å². The molecule has 0 unspecified atom stereocenters. The van der Waals surface area contributed by atoms with Crippen LogP contribution in [0.3, 0.4) is 0 Å². The third kappa shape index (κ3) is 3.42. The predicted octanol–water partition coefficient (Wildman–Crippen LogP) is 5.29. The summed E-state index contributed by atoms with van der Waals surface area (Å²) in [6.07, 6.45) is 4.41. The molecule has 1 N–H and O–H groups in total. The van der Waals surface area contributed by atoms with Crippen molar-refractivity contribution in [3.63, 3.8) is 0 Å². The van der Waals surface area contributed by atoms with Crippen LogP contribution in [0.2, 0.25) is 5.02 Å². The molecule has 2 aromatic carbocycles. The summed E-state index contributed by atoms with van der Waals surface area (Å²) in [4.78, 5) is 12.2. The maximum Gasteiger partial charge on any atom is 0.262 e. The predicted molar refractivity (Wildman–Crippen MR) is 103 cm³/mol. The number of fused-ring (bicyclic) bond motifs is 3. The summed E-state index contributed by atoms with van der Waals surface area (Å²) in [5.74, 6) is 1.51. The molecule has 1 aromatic heterocycles. The van der Waals surface area contributed by atoms with Crippen LogP contribution < -0.4 is 10.1 Å². The number of aryl methyl sites for hydroxylation is 3. The molecule has 26 heavy (non-hydrogen) atoms. The Balaban J connectivity index is 1.44. The summed E-state index contributed by atoms with van der Waals surface area (Å²) >= 11 is 6.15. The number of carbonyl (C=O) groups excluding carboxylic acids is 1. The molecule has 3 aromatic rings. The zero-order valence-corrected chi connectivity index (χ0v) is 15.4. The van der Waals surface area contributed by atoms with Gasteiger partial charge in [0.25, 0.3) is 5.91 Å². The summed E-state index contributed by atoms with van der Waals surface area (Å²) in [5.41, 5.74) is 3.80. The van der Waals surface area contributed by atoms with Gasteiger partial charge in [-0.2, -0.15) is 0 Å². The fourth-order valence-electron chi connectivity index (χ4n) is 3.39. The zero-order chi connectivity index (χ0) is 18.1. The maximum atomic E-state index is 12.2. The smallest absolute Gasteiger partial charge is 0.262 e. The topological polar surface area (TPSA) is 51.5 Å². The minimum atomic E-state index is -0.245. The van der Waals surface area contributed by atoms with Gasteiger partial charge >= 0.3 is 0 Å². The maximum absolute atomic E-state index is 12.2. The van der Waals surface area contributed by atoms with E-state index in [0.717, 1.165) is 35.1 Å². The van der Waals surface area contributed by atoms with Gasteiger partial charge < -0.3 is 14.5 Å². The molecule has 0 fully saturated rings. The molecule has 134 valence electrons. The van der Waals surface area contributed by atoms with Crippen molar-refractivity contribution in [1.82, 2.24) is 0 Å². The summed E-state index contributed by atoms with van der Waals surface area (Å²) in [7, 11) is 0. The number of hydrogen-bond acceptors (Lipinski definition) is 3. The lowest BCUT2D eigenvalue weighted by molar-refractivity contribution is -0.118. The molecular weight excluding hydrogens is 350 g/mol. The largest absolute Gasteiger partial charge is 0.484 e. The Bertz CT molecular complexity index is 977. The van der Waals surface area contributed by atoms with Gasteiger partial charge in [0.15, 0.2) is 6.61 Å². The van der Waals surface area contributed by atoms with Gasteiger partial charge in [-0.15, -0.1) is 0 Å². The monoisotopic (exact) mass is 369 g/mol. The average Bonchev–Trinajstić information content (AvgIpc) is 3.00. The second kappa shape index (κ2) is 7.04. The first-order valence-corrected chi connectivity index (χ1v) is 9.21. The molecule has 1 aliphatic carbocycles. The number of rotatable bonds is 4. The highest BCUT2D eigenvalue weighted by atomic mass is 35.5. The lowest BCUT2D eigenvalue weighted by Gasteiger charge is -2.10. The van der Waals surface area contributed by atoms with Gasteiger partial charge in [-0.1, -0.05) is 17.7 Å². The van der Waals surface area contributed by atoms with Gasteiger partial charge in [0.05, 0.1) is 10.7 Å². The van der Waals surface area contributed by atoms with Crippen LogP contribution in [0, 0.1) is 6.92 Å². The molecule has 1 heterocycles. The minimum Gasteiger partial charge on any atom is -0.484 e. The number of nitrogens with one attached hydrogen (secondary N) is 1. The summed E-state index contributed by atoms with van der Waals surface area (Å²) in [6, 6.07) is 11.2. The molecule has 1 aliphatic rings. The van der Waals surface area contributed by atoms with Crippen LogP contribution in [0.5, 0.6) is 5.75 Å². The van der Waals surface area contributed by atoms with E-state index in [-0.39, 0.29) is 12.5 Å². The second-order valence-electron chi connectivity index (χ2n) is 6.69. The van der Waals surface area contributed by atoms with Crippen LogP contribution in [0.4, 0.5) is 5.69 Å². The number of anilines is 1. The zero-order valence-electron chi connectivity index (χ0n) is 14.6. The van der Waals surface area contributed by atoms with E-state index in [1.54, 1.807) is 6.07 Å². The number of benzene rings is 2. The van der Waals surface area contributed by atoms with E-state index in [4.69, 9.17) is 20.8 Å². The van der Waals surface area contributed by atoms with Crippen molar-refractivity contribution in [3.05, 3.63) is 58.3 Å². The molecule has 0 aliphatic heterocycles. The fourth-order valence-corrected chi connectivity index (χ4v) is 3.67. The highest BCUT2D eigenvalue weighted by molar-refractivity contribution is 6.33. The molecule has 0 radical (unpaired) electrons. The van der Waals surface area contributed by atoms with Gasteiger partial charge in [0, 0.05) is 17.4 Å².